The molecular formula is C28H39N3O4S. The van der Waals surface area contributed by atoms with Gasteiger partial charge >= 0.3 is 0 Å². The number of aromatic nitrogens is 2. The minimum absolute atomic E-state index is 0.0783. The normalized spacial score (nSPS) is 12.3. The first-order chi connectivity index (χ1) is 17.0. The molecule has 0 amide bonds. The molecule has 0 aliphatic rings. The summed E-state index contributed by atoms with van der Waals surface area (Å²) in [4.78, 5) is 11.5. The fourth-order valence-electron chi connectivity index (χ4n) is 3.42. The van der Waals surface area contributed by atoms with Gasteiger partial charge in [-0.3, -0.25) is 4.98 Å². The largest absolute Gasteiger partial charge is 0.497 e. The molecule has 0 unspecified atom stereocenters. The quantitative estimate of drug-likeness (QED) is 0.268. The third-order valence-corrected chi connectivity index (χ3v) is 9.96. The minimum Gasteiger partial charge on any atom is -0.497 e. The summed E-state index contributed by atoms with van der Waals surface area (Å²) in [7, 11) is 2.04. The van der Waals surface area contributed by atoms with Gasteiger partial charge in [0.1, 0.15) is 23.0 Å². The van der Waals surface area contributed by atoms with Gasteiger partial charge < -0.3 is 23.3 Å². The molecule has 3 aromatic rings. The van der Waals surface area contributed by atoms with E-state index in [-0.39, 0.29) is 4.75 Å². The van der Waals surface area contributed by atoms with E-state index in [0.717, 1.165) is 22.4 Å². The molecule has 196 valence electrons. The van der Waals surface area contributed by atoms with E-state index in [4.69, 9.17) is 23.4 Å². The Kier molecular flexibility index (Phi) is 8.74. The van der Waals surface area contributed by atoms with Crippen molar-refractivity contribution in [2.45, 2.75) is 32.4 Å². The summed E-state index contributed by atoms with van der Waals surface area (Å²) < 4.78 is 23.2. The van der Waals surface area contributed by atoms with Gasteiger partial charge in [-0.05, 0) is 37.6 Å². The van der Waals surface area contributed by atoms with Crippen LogP contribution in [0.2, 0.25) is 0 Å². The lowest BCUT2D eigenvalue weighted by molar-refractivity contribution is 0.298. The molecule has 3 rings (SSSR count). The summed E-state index contributed by atoms with van der Waals surface area (Å²) in [5, 5.41) is 0. The van der Waals surface area contributed by atoms with Crippen molar-refractivity contribution in [3.05, 3.63) is 54.9 Å². The minimum atomic E-state index is -1.26. The number of nitrogens with zero attached hydrogens (tertiary/aromatic N) is 3. The number of hydrogen-bond acceptors (Lipinski definition) is 7. The SMILES string of the molecule is C=C(OCC)c1cnc2ccc(N(CCOS(C)(C)C(C)(C)C)c3cc(OC)cc(OC)c3)cc2n1. The molecule has 0 N–H and O–H groups in total. The van der Waals surface area contributed by atoms with E-state index < -0.39 is 10.3 Å². The molecule has 0 aliphatic heterocycles. The highest BCUT2D eigenvalue weighted by Gasteiger charge is 2.29. The zero-order valence-corrected chi connectivity index (χ0v) is 23.6. The summed E-state index contributed by atoms with van der Waals surface area (Å²) in [5.41, 5.74) is 4.06. The average molecular weight is 514 g/mol. The van der Waals surface area contributed by atoms with E-state index in [0.29, 0.717) is 42.7 Å². The average Bonchev–Trinajstić information content (AvgIpc) is 2.85. The monoisotopic (exact) mass is 513 g/mol. The van der Waals surface area contributed by atoms with Gasteiger partial charge in [-0.15, -0.1) is 10.3 Å². The topological polar surface area (TPSA) is 65.9 Å². The Morgan fingerprint density at radius 2 is 1.64 bits per heavy atom. The predicted octanol–water partition coefficient (Wildman–Crippen LogP) is 6.59. The molecule has 0 aliphatic carbocycles. The van der Waals surface area contributed by atoms with Crippen LogP contribution >= 0.6 is 10.3 Å². The molecule has 0 spiro atoms. The summed E-state index contributed by atoms with van der Waals surface area (Å²) >= 11 is 0. The maximum absolute atomic E-state index is 6.47. The van der Waals surface area contributed by atoms with Crippen molar-refractivity contribution >= 4 is 38.5 Å². The molecule has 0 atom stereocenters. The Balaban J connectivity index is 2.03. The van der Waals surface area contributed by atoms with Crippen LogP contribution in [0.3, 0.4) is 0 Å². The van der Waals surface area contributed by atoms with Gasteiger partial charge in [0.2, 0.25) is 0 Å². The van der Waals surface area contributed by atoms with Crippen molar-refractivity contribution < 1.29 is 18.4 Å². The molecule has 0 bridgehead atoms. The van der Waals surface area contributed by atoms with Gasteiger partial charge in [-0.25, -0.2) is 4.98 Å². The van der Waals surface area contributed by atoms with Crippen molar-refractivity contribution in [2.75, 3.05) is 51.4 Å². The smallest absolute Gasteiger partial charge is 0.139 e. The van der Waals surface area contributed by atoms with Crippen LogP contribution in [0.15, 0.2) is 49.2 Å². The Hall–Kier alpha value is -2.97. The van der Waals surface area contributed by atoms with Crippen LogP contribution < -0.4 is 14.4 Å². The van der Waals surface area contributed by atoms with Gasteiger partial charge in [0.15, 0.2) is 0 Å². The van der Waals surface area contributed by atoms with Crippen molar-refractivity contribution in [2.24, 2.45) is 0 Å². The second kappa shape index (κ2) is 11.4. The number of fused-ring (bicyclic) bond motifs is 1. The summed E-state index contributed by atoms with van der Waals surface area (Å²) in [6, 6.07) is 11.9. The highest BCUT2D eigenvalue weighted by Crippen LogP contribution is 2.53. The standard InChI is InChI=1S/C28H39N3O4S/c1-10-34-20(2)27-19-29-25-12-11-21(17-26(25)30-27)31(13-14-35-36(8,9)28(3,4)5)22-15-23(32-6)18-24(16-22)33-7/h11-12,15-19H,2,10,13-14H2,1,3-9H3. The van der Waals surface area contributed by atoms with Gasteiger partial charge in [-0.2, -0.15) is 0 Å². The molecule has 36 heavy (non-hydrogen) atoms. The highest BCUT2D eigenvalue weighted by atomic mass is 32.3. The molecule has 1 aromatic heterocycles. The van der Waals surface area contributed by atoms with E-state index in [2.05, 4.69) is 49.7 Å². The maximum atomic E-state index is 6.47. The molecule has 8 heteroatoms. The van der Waals surface area contributed by atoms with Gasteiger partial charge in [0.25, 0.3) is 0 Å². The van der Waals surface area contributed by atoms with Gasteiger partial charge in [0.05, 0.1) is 44.7 Å². The third-order valence-electron chi connectivity index (χ3n) is 6.26. The molecule has 0 saturated heterocycles. The zero-order chi connectivity index (χ0) is 26.5. The molecule has 0 saturated carbocycles. The second-order valence-corrected chi connectivity index (χ2v) is 13.6. The van der Waals surface area contributed by atoms with Crippen LogP contribution in [0.5, 0.6) is 11.5 Å². The fourth-order valence-corrected chi connectivity index (χ4v) is 4.26. The number of hydrogen-bond donors (Lipinski definition) is 0. The number of benzene rings is 2. The highest BCUT2D eigenvalue weighted by molar-refractivity contribution is 8.29. The summed E-state index contributed by atoms with van der Waals surface area (Å²) in [6.07, 6.45) is 6.12. The third kappa shape index (κ3) is 6.42. The number of methoxy groups -OCH3 is 2. The first kappa shape index (κ1) is 27.6. The Labute approximate surface area is 217 Å². The zero-order valence-electron chi connectivity index (χ0n) is 22.8. The van der Waals surface area contributed by atoms with Crippen molar-refractivity contribution in [1.29, 1.82) is 0 Å². The molecule has 0 fully saturated rings. The van der Waals surface area contributed by atoms with Crippen LogP contribution in [-0.4, -0.2) is 61.2 Å². The Morgan fingerprint density at radius 1 is 0.972 bits per heavy atom. The van der Waals surface area contributed by atoms with Crippen LogP contribution in [0, 0.1) is 0 Å². The maximum Gasteiger partial charge on any atom is 0.139 e. The molecule has 2 aromatic carbocycles. The lowest BCUT2D eigenvalue weighted by Crippen LogP contribution is -2.29. The molecule has 1 heterocycles. The predicted molar refractivity (Wildman–Crippen MR) is 152 cm³/mol. The second-order valence-electron chi connectivity index (χ2n) is 9.67. The lowest BCUT2D eigenvalue weighted by Gasteiger charge is -2.44. The number of ether oxygens (including phenoxy) is 3. The summed E-state index contributed by atoms with van der Waals surface area (Å²) in [5.74, 6) is 1.94. The Morgan fingerprint density at radius 3 is 2.22 bits per heavy atom. The Bertz CT molecular complexity index is 1180. The molecule has 0 radical (unpaired) electrons. The first-order valence-corrected chi connectivity index (χ1v) is 14.3. The van der Waals surface area contributed by atoms with Crippen LogP contribution in [0.4, 0.5) is 11.4 Å². The molecular weight excluding hydrogens is 474 g/mol. The number of anilines is 2. The van der Waals surface area contributed by atoms with E-state index in [1.807, 2.05) is 43.3 Å². The van der Waals surface area contributed by atoms with Crippen LogP contribution in [-0.2, 0) is 8.92 Å². The van der Waals surface area contributed by atoms with E-state index >= 15 is 0 Å². The first-order valence-electron chi connectivity index (χ1n) is 12.0. The van der Waals surface area contributed by atoms with Gasteiger partial charge in [0, 0.05) is 40.9 Å². The van der Waals surface area contributed by atoms with Crippen molar-refractivity contribution in [3.8, 4) is 11.5 Å². The van der Waals surface area contributed by atoms with Crippen LogP contribution in [0.1, 0.15) is 33.4 Å². The van der Waals surface area contributed by atoms with Crippen molar-refractivity contribution in [1.82, 2.24) is 9.97 Å². The van der Waals surface area contributed by atoms with E-state index in [1.165, 1.54) is 0 Å². The van der Waals surface area contributed by atoms with Crippen molar-refractivity contribution in [3.63, 3.8) is 0 Å². The summed E-state index contributed by atoms with van der Waals surface area (Å²) in [6.45, 7) is 14.3. The molecule has 7 nitrogen and oxygen atoms in total. The van der Waals surface area contributed by atoms with Gasteiger partial charge in [-0.1, -0.05) is 27.4 Å². The van der Waals surface area contributed by atoms with E-state index in [1.54, 1.807) is 20.4 Å². The fraction of sp³-hybridized carbons (Fsp3) is 0.429. The lowest BCUT2D eigenvalue weighted by atomic mass is 10.2. The number of rotatable bonds is 11. The van der Waals surface area contributed by atoms with Crippen LogP contribution in [0.25, 0.3) is 16.8 Å². The van der Waals surface area contributed by atoms with E-state index in [9.17, 15) is 0 Å².